The van der Waals surface area contributed by atoms with Crippen LogP contribution in [0.15, 0.2) is 22.8 Å². The summed E-state index contributed by atoms with van der Waals surface area (Å²) in [6.07, 6.45) is 12.1. The quantitative estimate of drug-likeness (QED) is 0.561. The molecule has 1 saturated carbocycles. The molecule has 0 atom stereocenters. The van der Waals surface area contributed by atoms with Gasteiger partial charge in [0.15, 0.2) is 0 Å². The molecule has 1 fully saturated rings. The van der Waals surface area contributed by atoms with Crippen molar-refractivity contribution in [2.45, 2.75) is 77.4 Å². The van der Waals surface area contributed by atoms with Crippen molar-refractivity contribution >= 4 is 6.66 Å². The zero-order valence-electron chi connectivity index (χ0n) is 13.9. The van der Waals surface area contributed by atoms with Crippen molar-refractivity contribution in [3.8, 4) is 0 Å². The van der Waals surface area contributed by atoms with Gasteiger partial charge in [0, 0.05) is 0 Å². The molecule has 2 rings (SSSR count). The monoisotopic (exact) mass is 381 g/mol. The Hall–Kier alpha value is 0.951. The van der Waals surface area contributed by atoms with Crippen LogP contribution < -0.4 is 28.6 Å². The number of hydrogen-bond acceptors (Lipinski definition) is 1. The number of allylic oxidation sites excluding steroid dienone is 3. The van der Waals surface area contributed by atoms with E-state index in [2.05, 4.69) is 36.8 Å². The number of hydrogen-bond donors (Lipinski definition) is 1. The summed E-state index contributed by atoms with van der Waals surface area (Å²) in [7, 11) is 0. The molecule has 0 amide bonds. The van der Waals surface area contributed by atoms with Crippen LogP contribution in [-0.2, 0) is 18.7 Å². The Morgan fingerprint density at radius 2 is 1.81 bits per heavy atom. The fourth-order valence-corrected chi connectivity index (χ4v) is 7.31. The van der Waals surface area contributed by atoms with E-state index in [0.29, 0.717) is 5.54 Å². The van der Waals surface area contributed by atoms with Crippen LogP contribution in [0.25, 0.3) is 0 Å². The Labute approximate surface area is 153 Å². The van der Waals surface area contributed by atoms with Gasteiger partial charge in [0.1, 0.15) is 0 Å². The first kappa shape index (κ1) is 22.0. The molecule has 0 bridgehead atoms. The van der Waals surface area contributed by atoms with Gasteiger partial charge in [-0.25, -0.2) is 0 Å². The zero-order valence-corrected chi connectivity index (χ0v) is 18.1. The molecule has 0 aromatic heterocycles. The van der Waals surface area contributed by atoms with Gasteiger partial charge in [-0.2, -0.15) is 0 Å². The molecular formula is C16H29Cl2NSiTi. The first-order valence-electron chi connectivity index (χ1n) is 8.00. The molecule has 0 radical (unpaired) electrons. The van der Waals surface area contributed by atoms with Crippen molar-refractivity contribution in [2.75, 3.05) is 0 Å². The van der Waals surface area contributed by atoms with Crippen LogP contribution in [0, 0.1) is 0 Å². The van der Waals surface area contributed by atoms with E-state index in [-0.39, 0.29) is 43.5 Å². The van der Waals surface area contributed by atoms with Gasteiger partial charge in [-0.1, -0.05) is 0 Å². The van der Waals surface area contributed by atoms with Crippen LogP contribution in [-0.4, -0.2) is 12.2 Å². The SMILES string of the molecule is CCC1=C(C)CC(C2([NH][Ti+2][SiH](C)C)CCCCC2)=C1.[Cl-].[Cl-]. The number of halogens is 2. The summed E-state index contributed by atoms with van der Waals surface area (Å²) in [4.78, 5) is 0. The summed E-state index contributed by atoms with van der Waals surface area (Å²) in [5, 5.41) is 0. The van der Waals surface area contributed by atoms with Gasteiger partial charge in [-0.05, 0) is 0 Å². The van der Waals surface area contributed by atoms with Crippen LogP contribution in [0.1, 0.15) is 58.8 Å². The molecule has 0 aromatic rings. The number of nitrogens with one attached hydrogen (secondary N) is 1. The maximum atomic E-state index is 4.13. The second kappa shape index (κ2) is 9.95. The first-order valence-corrected chi connectivity index (χ1v) is 14.4. The van der Waals surface area contributed by atoms with E-state index < -0.39 is 6.66 Å². The molecule has 0 unspecified atom stereocenters. The van der Waals surface area contributed by atoms with E-state index in [9.17, 15) is 0 Å². The molecule has 5 heteroatoms. The van der Waals surface area contributed by atoms with Crippen LogP contribution in [0.2, 0.25) is 13.1 Å². The van der Waals surface area contributed by atoms with Crippen molar-refractivity contribution < 1.29 is 43.5 Å². The van der Waals surface area contributed by atoms with E-state index in [1.54, 1.807) is 16.7 Å². The average molecular weight is 382 g/mol. The molecule has 0 saturated heterocycles. The summed E-state index contributed by atoms with van der Waals surface area (Å²) in [6, 6.07) is 0. The Morgan fingerprint density at radius 1 is 1.19 bits per heavy atom. The van der Waals surface area contributed by atoms with Crippen LogP contribution in [0.3, 0.4) is 0 Å². The van der Waals surface area contributed by atoms with Crippen LogP contribution in [0.5, 0.6) is 0 Å². The van der Waals surface area contributed by atoms with Crippen LogP contribution in [0.4, 0.5) is 0 Å². The van der Waals surface area contributed by atoms with Gasteiger partial charge < -0.3 is 24.8 Å². The van der Waals surface area contributed by atoms with Gasteiger partial charge >= 0.3 is 129 Å². The fraction of sp³-hybridized carbons (Fsp3) is 0.750. The first-order chi connectivity index (χ1) is 9.07. The predicted molar refractivity (Wildman–Crippen MR) is 83.5 cm³/mol. The largest absolute Gasteiger partial charge is 1.00 e. The molecule has 0 aliphatic heterocycles. The van der Waals surface area contributed by atoms with Gasteiger partial charge in [-0.15, -0.1) is 0 Å². The third kappa shape index (κ3) is 5.51. The molecule has 0 aromatic carbocycles. The second-order valence-corrected chi connectivity index (χ2v) is 16.3. The minimum Gasteiger partial charge on any atom is -1.00 e. The topological polar surface area (TPSA) is 12.0 Å². The summed E-state index contributed by atoms with van der Waals surface area (Å²) in [5.41, 5.74) is 5.39. The Bertz CT molecular complexity index is 388. The molecule has 2 aliphatic rings. The van der Waals surface area contributed by atoms with Gasteiger partial charge in [-0.3, -0.25) is 0 Å². The summed E-state index contributed by atoms with van der Waals surface area (Å²) in [6.45, 7) is 9.26. The van der Waals surface area contributed by atoms with Gasteiger partial charge in [0.05, 0.1) is 0 Å². The Morgan fingerprint density at radius 3 is 2.29 bits per heavy atom. The van der Waals surface area contributed by atoms with E-state index >= 15 is 0 Å². The van der Waals surface area contributed by atoms with Crippen molar-refractivity contribution in [3.05, 3.63) is 22.8 Å². The summed E-state index contributed by atoms with van der Waals surface area (Å²) in [5.74, 6) is 0. The normalized spacial score (nSPS) is 20.5. The third-order valence-corrected chi connectivity index (χ3v) is 9.50. The molecule has 1 N–H and O–H groups in total. The van der Waals surface area contributed by atoms with Crippen molar-refractivity contribution in [1.29, 1.82) is 0 Å². The minimum absolute atomic E-state index is 0. The molecular weight excluding hydrogens is 353 g/mol. The van der Waals surface area contributed by atoms with Crippen molar-refractivity contribution in [3.63, 3.8) is 0 Å². The van der Waals surface area contributed by atoms with E-state index in [1.165, 1.54) is 44.9 Å². The molecule has 120 valence electrons. The number of rotatable bonds is 5. The third-order valence-electron chi connectivity index (χ3n) is 4.66. The summed E-state index contributed by atoms with van der Waals surface area (Å²) >= 11 is 0.129. The average Bonchev–Trinajstić information content (AvgIpc) is 2.79. The minimum atomic E-state index is -0.394. The van der Waals surface area contributed by atoms with Crippen molar-refractivity contribution in [2.24, 2.45) is 0 Å². The van der Waals surface area contributed by atoms with Crippen LogP contribution >= 0.6 is 0 Å². The zero-order chi connectivity index (χ0) is 13.9. The van der Waals surface area contributed by atoms with Crippen molar-refractivity contribution in [1.82, 2.24) is 3.80 Å². The van der Waals surface area contributed by atoms with Gasteiger partial charge in [0.2, 0.25) is 0 Å². The van der Waals surface area contributed by atoms with E-state index in [0.717, 1.165) is 0 Å². The molecule has 2 aliphatic carbocycles. The van der Waals surface area contributed by atoms with E-state index in [1.807, 2.05) is 0 Å². The second-order valence-electron chi connectivity index (χ2n) is 6.57. The molecule has 1 nitrogen and oxygen atoms in total. The van der Waals surface area contributed by atoms with Gasteiger partial charge in [0.25, 0.3) is 0 Å². The smallest absolute Gasteiger partial charge is 1.00 e. The predicted octanol–water partition coefficient (Wildman–Crippen LogP) is -1.68. The molecule has 21 heavy (non-hydrogen) atoms. The molecule has 0 spiro atoms. The maximum absolute atomic E-state index is 4.13. The van der Waals surface area contributed by atoms with E-state index in [4.69, 9.17) is 0 Å². The fourth-order valence-electron chi connectivity index (χ4n) is 3.46. The molecule has 0 heterocycles. The Balaban J connectivity index is 0.00000200. The Kier molecular flexibility index (Phi) is 10.4. The standard InChI is InChI=1S/C14H22N.C2H7Si.2ClH.Ti/c1-3-12-10-13(9-11(12)2)14(15)7-5-4-6-8-14;1-3-2;;;/h10,15H,3-9H2,1-2H3;3H,1-2H3;2*1H;/q-1;;;;+3/p-2. The maximum Gasteiger partial charge on any atom is -1.00 e. The summed E-state index contributed by atoms with van der Waals surface area (Å²) < 4.78 is 4.13.